The zero-order valence-corrected chi connectivity index (χ0v) is 11.0. The Kier molecular flexibility index (Phi) is 4.30. The molecule has 6 heteroatoms. The average Bonchev–Trinajstić information content (AvgIpc) is 2.75. The van der Waals surface area contributed by atoms with Gasteiger partial charge >= 0.3 is 5.97 Å². The van der Waals surface area contributed by atoms with Crippen molar-refractivity contribution in [2.45, 2.75) is 13.1 Å². The second-order valence-electron chi connectivity index (χ2n) is 3.63. The molecule has 2 heterocycles. The molecule has 0 atom stereocenters. The highest BCUT2D eigenvalue weighted by atomic mass is 35.5. The van der Waals surface area contributed by atoms with Gasteiger partial charge in [0.2, 0.25) is 0 Å². The monoisotopic (exact) mass is 282 g/mol. The summed E-state index contributed by atoms with van der Waals surface area (Å²) in [5.74, 6) is -1.01. The van der Waals surface area contributed by atoms with Crippen molar-refractivity contribution in [3.63, 3.8) is 0 Å². The lowest BCUT2D eigenvalue weighted by Crippen LogP contribution is -2.14. The van der Waals surface area contributed by atoms with E-state index in [4.69, 9.17) is 16.7 Å². The van der Waals surface area contributed by atoms with Gasteiger partial charge in [-0.1, -0.05) is 17.7 Å². The van der Waals surface area contributed by atoms with Gasteiger partial charge in [0, 0.05) is 18.0 Å². The van der Waals surface area contributed by atoms with Crippen molar-refractivity contribution >= 4 is 28.9 Å². The quantitative estimate of drug-likeness (QED) is 0.885. The predicted molar refractivity (Wildman–Crippen MR) is 71.1 cm³/mol. The molecule has 0 amide bonds. The summed E-state index contributed by atoms with van der Waals surface area (Å²) in [6.07, 6.45) is 0. The summed E-state index contributed by atoms with van der Waals surface area (Å²) < 4.78 is 0.762. The van der Waals surface area contributed by atoms with Crippen LogP contribution in [-0.4, -0.2) is 16.1 Å². The van der Waals surface area contributed by atoms with E-state index in [1.807, 2.05) is 12.1 Å². The first-order chi connectivity index (χ1) is 8.65. The highest BCUT2D eigenvalue weighted by Gasteiger charge is 2.05. The summed E-state index contributed by atoms with van der Waals surface area (Å²) in [5, 5.41) is 12.0. The van der Waals surface area contributed by atoms with Gasteiger partial charge in [0.15, 0.2) is 0 Å². The molecule has 0 saturated heterocycles. The second kappa shape index (κ2) is 5.95. The molecule has 0 aromatic carbocycles. The number of halogens is 1. The SMILES string of the molecule is O=C(O)c1cccc(CNCc2ccc(Cl)s2)n1. The Bertz CT molecular complexity index is 557. The van der Waals surface area contributed by atoms with Crippen LogP contribution in [0.1, 0.15) is 21.1 Å². The van der Waals surface area contributed by atoms with Crippen molar-refractivity contribution in [3.8, 4) is 0 Å². The lowest BCUT2D eigenvalue weighted by Gasteiger charge is -2.03. The topological polar surface area (TPSA) is 62.2 Å². The lowest BCUT2D eigenvalue weighted by atomic mass is 10.3. The molecule has 2 rings (SSSR count). The van der Waals surface area contributed by atoms with Crippen molar-refractivity contribution < 1.29 is 9.90 Å². The van der Waals surface area contributed by atoms with E-state index in [1.165, 1.54) is 17.4 Å². The molecule has 0 unspecified atom stereocenters. The number of carboxylic acids is 1. The third-order valence-corrected chi connectivity index (χ3v) is 3.49. The molecule has 0 aliphatic rings. The molecular weight excluding hydrogens is 272 g/mol. The standard InChI is InChI=1S/C12H11ClN2O2S/c13-11-5-4-9(18-11)7-14-6-8-2-1-3-10(15-8)12(16)17/h1-5,14H,6-7H2,(H,16,17). The van der Waals surface area contributed by atoms with Crippen LogP contribution in [0.3, 0.4) is 0 Å². The molecule has 2 aromatic rings. The molecule has 0 aliphatic carbocycles. The van der Waals surface area contributed by atoms with E-state index >= 15 is 0 Å². The van der Waals surface area contributed by atoms with Gasteiger partial charge in [-0.25, -0.2) is 9.78 Å². The molecule has 0 fully saturated rings. The van der Waals surface area contributed by atoms with Gasteiger partial charge in [-0.05, 0) is 24.3 Å². The van der Waals surface area contributed by atoms with Crippen LogP contribution in [0.4, 0.5) is 0 Å². The van der Waals surface area contributed by atoms with E-state index in [0.29, 0.717) is 18.8 Å². The van der Waals surface area contributed by atoms with Gasteiger partial charge in [-0.2, -0.15) is 0 Å². The molecule has 4 nitrogen and oxygen atoms in total. The van der Waals surface area contributed by atoms with Crippen molar-refractivity contribution in [3.05, 3.63) is 50.9 Å². The van der Waals surface area contributed by atoms with Crippen LogP contribution in [0.2, 0.25) is 4.34 Å². The van der Waals surface area contributed by atoms with Gasteiger partial charge in [-0.15, -0.1) is 11.3 Å². The number of pyridine rings is 1. The number of carbonyl (C=O) groups is 1. The minimum atomic E-state index is -1.01. The first-order valence-electron chi connectivity index (χ1n) is 5.29. The second-order valence-corrected chi connectivity index (χ2v) is 5.43. The Morgan fingerprint density at radius 3 is 2.83 bits per heavy atom. The number of rotatable bonds is 5. The Balaban J connectivity index is 1.90. The van der Waals surface area contributed by atoms with E-state index in [9.17, 15) is 4.79 Å². The van der Waals surface area contributed by atoms with E-state index in [0.717, 1.165) is 9.21 Å². The van der Waals surface area contributed by atoms with Crippen molar-refractivity contribution in [1.29, 1.82) is 0 Å². The Labute approximate surface area is 113 Å². The van der Waals surface area contributed by atoms with Crippen LogP contribution in [0.15, 0.2) is 30.3 Å². The molecule has 18 heavy (non-hydrogen) atoms. The number of carboxylic acid groups (broad SMARTS) is 1. The normalized spacial score (nSPS) is 10.5. The minimum absolute atomic E-state index is 0.0634. The number of hydrogen-bond acceptors (Lipinski definition) is 4. The summed E-state index contributed by atoms with van der Waals surface area (Å²) in [6, 6.07) is 8.77. The van der Waals surface area contributed by atoms with Crippen molar-refractivity contribution in [1.82, 2.24) is 10.3 Å². The zero-order chi connectivity index (χ0) is 13.0. The summed E-state index contributed by atoms with van der Waals surface area (Å²) in [6.45, 7) is 1.22. The summed E-state index contributed by atoms with van der Waals surface area (Å²) in [5.41, 5.74) is 0.769. The van der Waals surface area contributed by atoms with Gasteiger partial charge in [-0.3, -0.25) is 0 Å². The fourth-order valence-corrected chi connectivity index (χ4v) is 2.51. The molecule has 0 aliphatic heterocycles. The maximum absolute atomic E-state index is 10.8. The van der Waals surface area contributed by atoms with Crippen LogP contribution in [0.25, 0.3) is 0 Å². The Morgan fingerprint density at radius 2 is 2.17 bits per heavy atom. The number of thiophene rings is 1. The minimum Gasteiger partial charge on any atom is -0.477 e. The maximum Gasteiger partial charge on any atom is 0.354 e. The lowest BCUT2D eigenvalue weighted by molar-refractivity contribution is 0.0690. The van der Waals surface area contributed by atoms with Gasteiger partial charge in [0.25, 0.3) is 0 Å². The average molecular weight is 283 g/mol. The van der Waals surface area contributed by atoms with Crippen LogP contribution in [0.5, 0.6) is 0 Å². The van der Waals surface area contributed by atoms with Crippen LogP contribution >= 0.6 is 22.9 Å². The molecule has 94 valence electrons. The molecular formula is C12H11ClN2O2S. The number of aromatic nitrogens is 1. The molecule has 2 N–H and O–H groups in total. The highest BCUT2D eigenvalue weighted by molar-refractivity contribution is 7.16. The number of nitrogens with zero attached hydrogens (tertiary/aromatic N) is 1. The van der Waals surface area contributed by atoms with Crippen molar-refractivity contribution in [2.75, 3.05) is 0 Å². The molecule has 0 saturated carbocycles. The fourth-order valence-electron chi connectivity index (χ4n) is 1.46. The fraction of sp³-hybridized carbons (Fsp3) is 0.167. The van der Waals surface area contributed by atoms with E-state index in [2.05, 4.69) is 10.3 Å². The van der Waals surface area contributed by atoms with Crippen molar-refractivity contribution in [2.24, 2.45) is 0 Å². The van der Waals surface area contributed by atoms with Gasteiger partial charge in [0.05, 0.1) is 10.0 Å². The van der Waals surface area contributed by atoms with E-state index < -0.39 is 5.97 Å². The van der Waals surface area contributed by atoms with E-state index in [1.54, 1.807) is 12.1 Å². The molecule has 0 spiro atoms. The smallest absolute Gasteiger partial charge is 0.354 e. The maximum atomic E-state index is 10.8. The Hall–Kier alpha value is -1.43. The first-order valence-corrected chi connectivity index (χ1v) is 6.49. The highest BCUT2D eigenvalue weighted by Crippen LogP contribution is 2.21. The Morgan fingerprint density at radius 1 is 1.33 bits per heavy atom. The van der Waals surface area contributed by atoms with Gasteiger partial charge < -0.3 is 10.4 Å². The first kappa shape index (κ1) is 13.0. The van der Waals surface area contributed by atoms with E-state index in [-0.39, 0.29) is 5.69 Å². The molecule has 2 aromatic heterocycles. The summed E-state index contributed by atoms with van der Waals surface area (Å²) in [7, 11) is 0. The predicted octanol–water partition coefficient (Wildman–Crippen LogP) is 2.78. The third-order valence-electron chi connectivity index (χ3n) is 2.26. The van der Waals surface area contributed by atoms with Crippen LogP contribution in [-0.2, 0) is 13.1 Å². The molecule has 0 radical (unpaired) electrons. The number of hydrogen-bond donors (Lipinski definition) is 2. The van der Waals surface area contributed by atoms with Crippen LogP contribution in [0, 0.1) is 0 Å². The number of aromatic carboxylic acids is 1. The zero-order valence-electron chi connectivity index (χ0n) is 9.39. The van der Waals surface area contributed by atoms with Gasteiger partial charge in [0.1, 0.15) is 5.69 Å². The summed E-state index contributed by atoms with van der Waals surface area (Å²) in [4.78, 5) is 15.9. The largest absolute Gasteiger partial charge is 0.477 e. The molecule has 0 bridgehead atoms. The third kappa shape index (κ3) is 3.53. The number of nitrogens with one attached hydrogen (secondary N) is 1. The van der Waals surface area contributed by atoms with Crippen LogP contribution < -0.4 is 5.32 Å². The summed E-state index contributed by atoms with van der Waals surface area (Å²) >= 11 is 7.34.